The van der Waals surface area contributed by atoms with Crippen molar-refractivity contribution in [3.05, 3.63) is 30.2 Å². The minimum Gasteiger partial charge on any atom is -0.448 e. The molecular formula is C15H20N6O2. The Labute approximate surface area is 134 Å². The number of carbonyl (C=O) groups is 1. The molecule has 0 bridgehead atoms. The van der Waals surface area contributed by atoms with Crippen molar-refractivity contribution in [2.45, 2.75) is 19.5 Å². The molecule has 0 unspecified atom stereocenters. The third-order valence-electron chi connectivity index (χ3n) is 4.65. The number of urea groups is 1. The maximum Gasteiger partial charge on any atom is 0.324 e. The summed E-state index contributed by atoms with van der Waals surface area (Å²) in [6.07, 6.45) is 5.24. The van der Waals surface area contributed by atoms with Crippen molar-refractivity contribution >= 4 is 11.7 Å². The van der Waals surface area contributed by atoms with Crippen LogP contribution in [0.4, 0.5) is 10.5 Å². The van der Waals surface area contributed by atoms with E-state index in [0.29, 0.717) is 6.04 Å². The summed E-state index contributed by atoms with van der Waals surface area (Å²) in [4.78, 5) is 22.1. The van der Waals surface area contributed by atoms with E-state index >= 15 is 0 Å². The van der Waals surface area contributed by atoms with Gasteiger partial charge in [0.1, 0.15) is 5.76 Å². The van der Waals surface area contributed by atoms with Crippen molar-refractivity contribution < 1.29 is 9.21 Å². The molecular weight excluding hydrogens is 296 g/mol. The fourth-order valence-electron chi connectivity index (χ4n) is 3.08. The lowest BCUT2D eigenvalue weighted by molar-refractivity contribution is 0.0892. The zero-order valence-corrected chi connectivity index (χ0v) is 13.3. The zero-order chi connectivity index (χ0) is 16.0. The minimum atomic E-state index is 0.0429. The monoisotopic (exact) mass is 316 g/mol. The number of likely N-dealkylation sites (tertiary alicyclic amines) is 1. The third-order valence-corrected chi connectivity index (χ3v) is 4.65. The second-order valence-electron chi connectivity index (χ2n) is 6.24. The highest BCUT2D eigenvalue weighted by Gasteiger charge is 2.32. The van der Waals surface area contributed by atoms with Crippen LogP contribution in [0.15, 0.2) is 23.2 Å². The lowest BCUT2D eigenvalue weighted by Gasteiger charge is -2.38. The van der Waals surface area contributed by atoms with Crippen LogP contribution in [0.2, 0.25) is 0 Å². The van der Waals surface area contributed by atoms with Gasteiger partial charge in [-0.2, -0.15) is 5.10 Å². The van der Waals surface area contributed by atoms with Crippen LogP contribution in [0.25, 0.3) is 0 Å². The van der Waals surface area contributed by atoms with Crippen LogP contribution in [-0.2, 0) is 6.54 Å². The minimum absolute atomic E-state index is 0.0429. The van der Waals surface area contributed by atoms with E-state index in [1.54, 1.807) is 16.0 Å². The van der Waals surface area contributed by atoms with Crippen molar-refractivity contribution in [3.63, 3.8) is 0 Å². The summed E-state index contributed by atoms with van der Waals surface area (Å²) in [6.45, 7) is 6.09. The number of carbonyl (C=O) groups excluding carboxylic acids is 1. The number of rotatable bonds is 4. The van der Waals surface area contributed by atoms with Crippen LogP contribution in [0.1, 0.15) is 17.5 Å². The van der Waals surface area contributed by atoms with Gasteiger partial charge in [0.05, 0.1) is 23.6 Å². The topological polar surface area (TPSA) is 70.6 Å². The van der Waals surface area contributed by atoms with Crippen LogP contribution < -0.4 is 4.90 Å². The predicted molar refractivity (Wildman–Crippen MR) is 83.2 cm³/mol. The SMILES string of the molecule is Cc1ocnc1CN1CC(n2cc(N3CCN(C)C3=O)cn2)C1. The summed E-state index contributed by atoms with van der Waals surface area (Å²) >= 11 is 0. The Kier molecular flexibility index (Phi) is 3.33. The lowest BCUT2D eigenvalue weighted by atomic mass is 10.1. The maximum atomic E-state index is 12.0. The van der Waals surface area contributed by atoms with Gasteiger partial charge in [0.25, 0.3) is 0 Å². The second kappa shape index (κ2) is 5.38. The van der Waals surface area contributed by atoms with Crippen LogP contribution >= 0.6 is 0 Å². The van der Waals surface area contributed by atoms with Gasteiger partial charge in [-0.25, -0.2) is 9.78 Å². The molecule has 0 N–H and O–H groups in total. The Morgan fingerprint density at radius 2 is 2.17 bits per heavy atom. The molecule has 0 radical (unpaired) electrons. The van der Waals surface area contributed by atoms with Gasteiger partial charge >= 0.3 is 6.03 Å². The largest absolute Gasteiger partial charge is 0.448 e. The van der Waals surface area contributed by atoms with E-state index in [1.165, 1.54) is 6.39 Å². The summed E-state index contributed by atoms with van der Waals surface area (Å²) in [5, 5.41) is 4.43. The number of amides is 2. The van der Waals surface area contributed by atoms with Gasteiger partial charge in [-0.05, 0) is 6.92 Å². The fraction of sp³-hybridized carbons (Fsp3) is 0.533. The summed E-state index contributed by atoms with van der Waals surface area (Å²) in [5.41, 5.74) is 1.88. The van der Waals surface area contributed by atoms with E-state index in [4.69, 9.17) is 4.42 Å². The van der Waals surface area contributed by atoms with Gasteiger partial charge in [-0.1, -0.05) is 0 Å². The molecule has 122 valence electrons. The quantitative estimate of drug-likeness (QED) is 0.845. The number of hydrogen-bond acceptors (Lipinski definition) is 5. The average molecular weight is 316 g/mol. The number of nitrogens with zero attached hydrogens (tertiary/aromatic N) is 6. The number of aryl methyl sites for hydroxylation is 1. The van der Waals surface area contributed by atoms with Gasteiger partial charge in [0.2, 0.25) is 0 Å². The van der Waals surface area contributed by atoms with Gasteiger partial charge in [-0.3, -0.25) is 14.5 Å². The first kappa shape index (κ1) is 14.3. The van der Waals surface area contributed by atoms with Crippen LogP contribution in [0.5, 0.6) is 0 Å². The molecule has 0 aliphatic carbocycles. The third kappa shape index (κ3) is 2.48. The predicted octanol–water partition coefficient (Wildman–Crippen LogP) is 1.11. The molecule has 2 aliphatic heterocycles. The first-order chi connectivity index (χ1) is 11.1. The van der Waals surface area contributed by atoms with Crippen molar-refractivity contribution in [1.82, 2.24) is 24.6 Å². The first-order valence-electron chi connectivity index (χ1n) is 7.80. The fourth-order valence-corrected chi connectivity index (χ4v) is 3.08. The molecule has 2 fully saturated rings. The Morgan fingerprint density at radius 1 is 1.35 bits per heavy atom. The molecule has 2 aromatic rings. The van der Waals surface area contributed by atoms with Crippen molar-refractivity contribution in [1.29, 1.82) is 0 Å². The highest BCUT2D eigenvalue weighted by Crippen LogP contribution is 2.26. The Bertz CT molecular complexity index is 717. The highest BCUT2D eigenvalue weighted by molar-refractivity contribution is 5.93. The molecule has 8 heteroatoms. The smallest absolute Gasteiger partial charge is 0.324 e. The number of aromatic nitrogens is 3. The summed E-state index contributed by atoms with van der Waals surface area (Å²) in [5.74, 6) is 0.881. The molecule has 4 heterocycles. The van der Waals surface area contributed by atoms with Crippen LogP contribution in [-0.4, -0.2) is 63.8 Å². The molecule has 2 aliphatic rings. The highest BCUT2D eigenvalue weighted by atomic mass is 16.3. The van der Waals surface area contributed by atoms with E-state index in [9.17, 15) is 4.79 Å². The molecule has 0 aromatic carbocycles. The molecule has 0 saturated carbocycles. The van der Waals surface area contributed by atoms with Gasteiger partial charge in [0.15, 0.2) is 6.39 Å². The van der Waals surface area contributed by atoms with E-state index < -0.39 is 0 Å². The van der Waals surface area contributed by atoms with Crippen LogP contribution in [0.3, 0.4) is 0 Å². The molecule has 2 amide bonds. The molecule has 2 saturated heterocycles. The van der Waals surface area contributed by atoms with E-state index in [0.717, 1.165) is 49.9 Å². The Balaban J connectivity index is 1.36. The lowest BCUT2D eigenvalue weighted by Crippen LogP contribution is -2.47. The maximum absolute atomic E-state index is 12.0. The van der Waals surface area contributed by atoms with Crippen molar-refractivity contribution in [2.75, 3.05) is 38.1 Å². The zero-order valence-electron chi connectivity index (χ0n) is 13.3. The molecule has 0 atom stereocenters. The number of hydrogen-bond donors (Lipinski definition) is 0. The average Bonchev–Trinajstić information content (AvgIpc) is 3.18. The molecule has 23 heavy (non-hydrogen) atoms. The van der Waals surface area contributed by atoms with Crippen LogP contribution in [0, 0.1) is 6.92 Å². The Morgan fingerprint density at radius 3 is 2.83 bits per heavy atom. The normalized spacial score (nSPS) is 19.7. The second-order valence-corrected chi connectivity index (χ2v) is 6.24. The van der Waals surface area contributed by atoms with E-state index in [-0.39, 0.29) is 6.03 Å². The van der Waals surface area contributed by atoms with E-state index in [2.05, 4.69) is 15.0 Å². The summed E-state index contributed by atoms with van der Waals surface area (Å²) < 4.78 is 7.19. The van der Waals surface area contributed by atoms with Crippen molar-refractivity contribution in [3.8, 4) is 0 Å². The number of oxazole rings is 1. The van der Waals surface area contributed by atoms with E-state index in [1.807, 2.05) is 24.9 Å². The first-order valence-corrected chi connectivity index (χ1v) is 7.80. The molecule has 0 spiro atoms. The number of likely N-dealkylation sites (N-methyl/N-ethyl adjacent to an activating group) is 1. The molecule has 8 nitrogen and oxygen atoms in total. The Hall–Kier alpha value is -2.35. The summed E-state index contributed by atoms with van der Waals surface area (Å²) in [7, 11) is 1.82. The molecule has 2 aromatic heterocycles. The number of anilines is 1. The van der Waals surface area contributed by atoms with Gasteiger partial charge in [-0.15, -0.1) is 0 Å². The van der Waals surface area contributed by atoms with Gasteiger partial charge in [0, 0.05) is 46.0 Å². The van der Waals surface area contributed by atoms with Crippen molar-refractivity contribution in [2.24, 2.45) is 0 Å². The standard InChI is InChI=1S/C15H20N6O2/c1-11-14(16-10-23-11)9-19-6-13(7-19)21-8-12(5-17-21)20-4-3-18(2)15(20)22/h5,8,10,13H,3-4,6-7,9H2,1-2H3. The summed E-state index contributed by atoms with van der Waals surface area (Å²) in [6, 6.07) is 0.396. The molecule has 4 rings (SSSR count). The van der Waals surface area contributed by atoms with Gasteiger partial charge < -0.3 is 9.32 Å².